The third-order valence-electron chi connectivity index (χ3n) is 2.68. The number of nitrogens with zero attached hydrogens (tertiary/aromatic N) is 3. The highest BCUT2D eigenvalue weighted by molar-refractivity contribution is 5.56. The lowest BCUT2D eigenvalue weighted by Crippen LogP contribution is -2.05. The fourth-order valence-electron chi connectivity index (χ4n) is 1.68. The molecule has 0 fully saturated rings. The molecule has 86 valence electrons. The van der Waals surface area contributed by atoms with Crippen LogP contribution in [0, 0.1) is 0 Å². The van der Waals surface area contributed by atoms with Crippen molar-refractivity contribution >= 4 is 0 Å². The second kappa shape index (κ2) is 4.49. The molecule has 0 bridgehead atoms. The van der Waals surface area contributed by atoms with Crippen molar-refractivity contribution in [3.05, 3.63) is 24.4 Å². The van der Waals surface area contributed by atoms with Gasteiger partial charge in [-0.25, -0.2) is 4.98 Å². The molecule has 0 saturated carbocycles. The Morgan fingerprint density at radius 3 is 2.94 bits per heavy atom. The second-order valence-electron chi connectivity index (χ2n) is 4.06. The first-order valence-corrected chi connectivity index (χ1v) is 5.44. The number of hydrogen-bond donors (Lipinski definition) is 2. The molecule has 2 rings (SSSR count). The van der Waals surface area contributed by atoms with Gasteiger partial charge in [0, 0.05) is 24.7 Å². The maximum atomic E-state index is 5.53. The van der Waals surface area contributed by atoms with E-state index in [2.05, 4.69) is 22.0 Å². The minimum absolute atomic E-state index is 0.371. The molecule has 0 spiro atoms. The zero-order chi connectivity index (χ0) is 11.5. The molecule has 0 amide bonds. The van der Waals surface area contributed by atoms with Crippen LogP contribution in [0.15, 0.2) is 18.6 Å². The van der Waals surface area contributed by atoms with Gasteiger partial charge in [-0.2, -0.15) is 5.10 Å². The number of aryl methyl sites for hydroxylation is 1. The number of nitrogens with one attached hydrogen (secondary N) is 1. The summed E-state index contributed by atoms with van der Waals surface area (Å²) in [7, 11) is 1.90. The van der Waals surface area contributed by atoms with Gasteiger partial charge in [0.05, 0.1) is 18.1 Å². The summed E-state index contributed by atoms with van der Waals surface area (Å²) >= 11 is 0. The van der Waals surface area contributed by atoms with Crippen molar-refractivity contribution in [1.82, 2.24) is 19.7 Å². The Hall–Kier alpha value is -1.62. The number of hydrogen-bond acceptors (Lipinski definition) is 3. The molecule has 0 aliphatic rings. The lowest BCUT2D eigenvalue weighted by atomic mass is 10.1. The van der Waals surface area contributed by atoms with Crippen LogP contribution in [-0.2, 0) is 7.05 Å². The van der Waals surface area contributed by atoms with E-state index in [0.29, 0.717) is 12.5 Å². The SMILES string of the molecule is CC(CCN)c1ncc(-c2cnn(C)c2)[nH]1. The molecule has 0 aromatic carbocycles. The Bertz CT molecular complexity index is 456. The summed E-state index contributed by atoms with van der Waals surface area (Å²) in [5, 5.41) is 4.13. The van der Waals surface area contributed by atoms with E-state index in [1.165, 1.54) is 0 Å². The summed E-state index contributed by atoms with van der Waals surface area (Å²) < 4.78 is 1.78. The van der Waals surface area contributed by atoms with Crippen molar-refractivity contribution in [3.8, 4) is 11.3 Å². The van der Waals surface area contributed by atoms with E-state index in [4.69, 9.17) is 5.73 Å². The van der Waals surface area contributed by atoms with Crippen molar-refractivity contribution in [2.24, 2.45) is 12.8 Å². The molecule has 1 atom stereocenters. The van der Waals surface area contributed by atoms with E-state index < -0.39 is 0 Å². The van der Waals surface area contributed by atoms with Gasteiger partial charge in [0.25, 0.3) is 0 Å². The molecule has 2 heterocycles. The highest BCUT2D eigenvalue weighted by Crippen LogP contribution is 2.20. The Morgan fingerprint density at radius 2 is 2.31 bits per heavy atom. The summed E-state index contributed by atoms with van der Waals surface area (Å²) in [6, 6.07) is 0. The topological polar surface area (TPSA) is 72.5 Å². The molecule has 0 aliphatic carbocycles. The van der Waals surface area contributed by atoms with Crippen LogP contribution in [0.4, 0.5) is 0 Å². The van der Waals surface area contributed by atoms with Gasteiger partial charge in [-0.15, -0.1) is 0 Å². The molecule has 2 aromatic heterocycles. The summed E-state index contributed by atoms with van der Waals surface area (Å²) in [5.74, 6) is 1.36. The summed E-state index contributed by atoms with van der Waals surface area (Å²) in [6.07, 6.45) is 6.58. The van der Waals surface area contributed by atoms with Gasteiger partial charge in [0.2, 0.25) is 0 Å². The van der Waals surface area contributed by atoms with E-state index in [0.717, 1.165) is 23.5 Å². The Morgan fingerprint density at radius 1 is 1.50 bits per heavy atom. The standard InChI is InChI=1S/C11H17N5/c1-8(3-4-12)11-13-6-10(15-11)9-5-14-16(2)7-9/h5-8H,3-4,12H2,1-2H3,(H,13,15). The van der Waals surface area contributed by atoms with E-state index in [1.54, 1.807) is 4.68 Å². The van der Waals surface area contributed by atoms with Gasteiger partial charge in [-0.3, -0.25) is 4.68 Å². The molecule has 1 unspecified atom stereocenters. The zero-order valence-corrected chi connectivity index (χ0v) is 9.64. The van der Waals surface area contributed by atoms with Gasteiger partial charge < -0.3 is 10.7 Å². The Kier molecular flexibility index (Phi) is 3.05. The molecule has 5 heteroatoms. The van der Waals surface area contributed by atoms with E-state index in [9.17, 15) is 0 Å². The molecule has 2 aromatic rings. The van der Waals surface area contributed by atoms with Crippen LogP contribution in [0.5, 0.6) is 0 Å². The first kappa shape index (κ1) is 10.9. The van der Waals surface area contributed by atoms with Crippen LogP contribution in [0.3, 0.4) is 0 Å². The predicted molar refractivity (Wildman–Crippen MR) is 62.9 cm³/mol. The monoisotopic (exact) mass is 219 g/mol. The van der Waals surface area contributed by atoms with Crippen LogP contribution in [0.1, 0.15) is 25.1 Å². The normalized spacial score (nSPS) is 12.9. The molecular formula is C11H17N5. The molecule has 16 heavy (non-hydrogen) atoms. The smallest absolute Gasteiger partial charge is 0.109 e. The van der Waals surface area contributed by atoms with E-state index in [-0.39, 0.29) is 0 Å². The van der Waals surface area contributed by atoms with Crippen molar-refractivity contribution in [2.75, 3.05) is 6.54 Å². The van der Waals surface area contributed by atoms with Crippen LogP contribution >= 0.6 is 0 Å². The second-order valence-corrected chi connectivity index (χ2v) is 4.06. The molecule has 0 saturated heterocycles. The number of aromatic nitrogens is 4. The van der Waals surface area contributed by atoms with Gasteiger partial charge in [0.15, 0.2) is 0 Å². The van der Waals surface area contributed by atoms with Gasteiger partial charge in [0.1, 0.15) is 5.82 Å². The first-order chi connectivity index (χ1) is 7.70. The highest BCUT2D eigenvalue weighted by Gasteiger charge is 2.10. The number of nitrogens with two attached hydrogens (primary N) is 1. The lowest BCUT2D eigenvalue weighted by molar-refractivity contribution is 0.655. The third kappa shape index (κ3) is 2.14. The quantitative estimate of drug-likeness (QED) is 0.813. The van der Waals surface area contributed by atoms with Crippen LogP contribution in [-0.4, -0.2) is 26.3 Å². The summed E-state index contributed by atoms with van der Waals surface area (Å²) in [6.45, 7) is 2.81. The number of rotatable bonds is 4. The van der Waals surface area contributed by atoms with Crippen molar-refractivity contribution in [2.45, 2.75) is 19.3 Å². The Labute approximate surface area is 94.7 Å². The number of imidazole rings is 1. The highest BCUT2D eigenvalue weighted by atomic mass is 15.2. The minimum Gasteiger partial charge on any atom is -0.342 e. The van der Waals surface area contributed by atoms with Crippen molar-refractivity contribution in [3.63, 3.8) is 0 Å². The molecule has 0 aliphatic heterocycles. The lowest BCUT2D eigenvalue weighted by Gasteiger charge is -2.05. The average molecular weight is 219 g/mol. The van der Waals surface area contributed by atoms with E-state index in [1.807, 2.05) is 25.6 Å². The number of aromatic amines is 1. The molecule has 5 nitrogen and oxygen atoms in total. The molecular weight excluding hydrogens is 202 g/mol. The first-order valence-electron chi connectivity index (χ1n) is 5.44. The van der Waals surface area contributed by atoms with Crippen LogP contribution in [0.2, 0.25) is 0 Å². The molecule has 3 N–H and O–H groups in total. The predicted octanol–water partition coefficient (Wildman–Crippen LogP) is 1.26. The molecule has 0 radical (unpaired) electrons. The average Bonchev–Trinajstić information content (AvgIpc) is 2.85. The maximum absolute atomic E-state index is 5.53. The fourth-order valence-corrected chi connectivity index (χ4v) is 1.68. The summed E-state index contributed by atoms with van der Waals surface area (Å²) in [5.41, 5.74) is 7.60. The largest absolute Gasteiger partial charge is 0.342 e. The Balaban J connectivity index is 2.19. The number of H-pyrrole nitrogens is 1. The van der Waals surface area contributed by atoms with Crippen molar-refractivity contribution < 1.29 is 0 Å². The van der Waals surface area contributed by atoms with Gasteiger partial charge in [-0.1, -0.05) is 6.92 Å². The van der Waals surface area contributed by atoms with E-state index >= 15 is 0 Å². The zero-order valence-electron chi connectivity index (χ0n) is 9.64. The third-order valence-corrected chi connectivity index (χ3v) is 2.68. The van der Waals surface area contributed by atoms with Gasteiger partial charge >= 0.3 is 0 Å². The fraction of sp³-hybridized carbons (Fsp3) is 0.455. The minimum atomic E-state index is 0.371. The van der Waals surface area contributed by atoms with Crippen LogP contribution in [0.25, 0.3) is 11.3 Å². The summed E-state index contributed by atoms with van der Waals surface area (Å²) in [4.78, 5) is 7.68. The van der Waals surface area contributed by atoms with Crippen molar-refractivity contribution in [1.29, 1.82) is 0 Å². The van der Waals surface area contributed by atoms with Crippen LogP contribution < -0.4 is 5.73 Å². The van der Waals surface area contributed by atoms with Gasteiger partial charge in [-0.05, 0) is 13.0 Å². The maximum Gasteiger partial charge on any atom is 0.109 e.